The van der Waals surface area contributed by atoms with Gasteiger partial charge in [0.05, 0.1) is 5.59 Å². The Morgan fingerprint density at radius 3 is 2.74 bits per heavy atom. The molecule has 100 valence electrons. The molecule has 2 aromatic heterocycles. The third kappa shape index (κ3) is 2.17. The van der Waals surface area contributed by atoms with Gasteiger partial charge in [-0.15, -0.1) is 0 Å². The van der Waals surface area contributed by atoms with Gasteiger partial charge in [0.2, 0.25) is 0 Å². The van der Waals surface area contributed by atoms with Crippen LogP contribution in [-0.2, 0) is 16.4 Å². The van der Waals surface area contributed by atoms with E-state index >= 15 is 0 Å². The van der Waals surface area contributed by atoms with E-state index in [1.807, 2.05) is 0 Å². The first-order valence-corrected chi connectivity index (χ1v) is 6.15. The summed E-state index contributed by atoms with van der Waals surface area (Å²) in [6, 6.07) is 0. The van der Waals surface area contributed by atoms with Crippen molar-refractivity contribution in [3.63, 3.8) is 0 Å². The third-order valence-corrected chi connectivity index (χ3v) is 3.07. The molecule has 1 aliphatic heterocycles. The van der Waals surface area contributed by atoms with Gasteiger partial charge in [-0.1, -0.05) is 13.8 Å². The van der Waals surface area contributed by atoms with Crippen LogP contribution in [0.25, 0.3) is 11.2 Å². The summed E-state index contributed by atoms with van der Waals surface area (Å²) in [6.45, 7) is 5.44. The standard InChI is InChI=1S/C11H16BN5O2/c1-11(2)5-18-12(19-6-11)7-4-14-10-8(15-7)9(13)16-17(10)3/h4H,5-6H2,1-3H3,(H2,13,16). The van der Waals surface area contributed by atoms with Crippen molar-refractivity contribution in [3.05, 3.63) is 6.20 Å². The normalized spacial score (nSPS) is 19.0. The first-order chi connectivity index (χ1) is 8.96. The third-order valence-electron chi connectivity index (χ3n) is 3.07. The lowest BCUT2D eigenvalue weighted by molar-refractivity contribution is 0.0339. The van der Waals surface area contributed by atoms with Gasteiger partial charge < -0.3 is 15.0 Å². The average Bonchev–Trinajstić information content (AvgIpc) is 2.65. The molecule has 2 aromatic rings. The SMILES string of the molecule is Cn1nc(N)c2nc(B3OCC(C)(C)CO3)cnc21. The summed E-state index contributed by atoms with van der Waals surface area (Å²) >= 11 is 0. The first kappa shape index (κ1) is 12.4. The Morgan fingerprint density at radius 2 is 2.05 bits per heavy atom. The monoisotopic (exact) mass is 261 g/mol. The number of aryl methyl sites for hydroxylation is 1. The minimum atomic E-state index is -0.482. The summed E-state index contributed by atoms with van der Waals surface area (Å²) in [5.41, 5.74) is 7.69. The van der Waals surface area contributed by atoms with Gasteiger partial charge in [0.15, 0.2) is 17.0 Å². The zero-order valence-corrected chi connectivity index (χ0v) is 11.3. The van der Waals surface area contributed by atoms with Gasteiger partial charge >= 0.3 is 7.12 Å². The Balaban J connectivity index is 1.92. The van der Waals surface area contributed by atoms with Gasteiger partial charge in [0.1, 0.15) is 0 Å². The molecule has 2 N–H and O–H groups in total. The van der Waals surface area contributed by atoms with Crippen LogP contribution in [0.5, 0.6) is 0 Å². The molecule has 0 aliphatic carbocycles. The molecule has 0 radical (unpaired) electrons. The maximum Gasteiger partial charge on any atom is 0.515 e. The maximum atomic E-state index is 5.80. The Hall–Kier alpha value is -1.67. The first-order valence-electron chi connectivity index (χ1n) is 6.15. The van der Waals surface area contributed by atoms with E-state index in [-0.39, 0.29) is 5.41 Å². The van der Waals surface area contributed by atoms with Crippen LogP contribution in [0.15, 0.2) is 6.20 Å². The summed E-state index contributed by atoms with van der Waals surface area (Å²) in [4.78, 5) is 8.76. The molecule has 0 saturated carbocycles. The van der Waals surface area contributed by atoms with Crippen molar-refractivity contribution in [2.45, 2.75) is 13.8 Å². The predicted octanol–water partition coefficient (Wildman–Crippen LogP) is -0.286. The number of hydrogen-bond acceptors (Lipinski definition) is 6. The molecule has 0 spiro atoms. The zero-order valence-electron chi connectivity index (χ0n) is 11.3. The van der Waals surface area contributed by atoms with Gasteiger partial charge in [-0.3, -0.25) is 0 Å². The highest BCUT2D eigenvalue weighted by atomic mass is 16.6. The lowest BCUT2D eigenvalue weighted by Gasteiger charge is -2.32. The van der Waals surface area contributed by atoms with Gasteiger partial charge in [0, 0.05) is 31.9 Å². The molecule has 1 saturated heterocycles. The largest absolute Gasteiger partial charge is 0.515 e. The summed E-state index contributed by atoms with van der Waals surface area (Å²) in [5.74, 6) is 0.364. The lowest BCUT2D eigenvalue weighted by atomic mass is 9.80. The topological polar surface area (TPSA) is 88.1 Å². The van der Waals surface area contributed by atoms with Crippen molar-refractivity contribution >= 4 is 29.7 Å². The van der Waals surface area contributed by atoms with Gasteiger partial charge in [-0.2, -0.15) is 5.10 Å². The van der Waals surface area contributed by atoms with E-state index in [0.29, 0.717) is 35.8 Å². The molecule has 0 unspecified atom stereocenters. The van der Waals surface area contributed by atoms with Crippen molar-refractivity contribution < 1.29 is 9.31 Å². The van der Waals surface area contributed by atoms with E-state index in [9.17, 15) is 0 Å². The van der Waals surface area contributed by atoms with Crippen molar-refractivity contribution in [1.29, 1.82) is 0 Å². The quantitative estimate of drug-likeness (QED) is 0.710. The number of fused-ring (bicyclic) bond motifs is 1. The van der Waals surface area contributed by atoms with Crippen LogP contribution in [0.3, 0.4) is 0 Å². The average molecular weight is 261 g/mol. The van der Waals surface area contributed by atoms with E-state index < -0.39 is 7.12 Å². The molecule has 19 heavy (non-hydrogen) atoms. The molecule has 1 fully saturated rings. The van der Waals surface area contributed by atoms with Crippen LogP contribution < -0.4 is 11.3 Å². The van der Waals surface area contributed by atoms with Crippen LogP contribution in [0.2, 0.25) is 0 Å². The molecule has 7 nitrogen and oxygen atoms in total. The Bertz CT molecular complexity index is 617. The van der Waals surface area contributed by atoms with Crippen molar-refractivity contribution in [3.8, 4) is 0 Å². The number of nitrogens with zero attached hydrogens (tertiary/aromatic N) is 4. The van der Waals surface area contributed by atoms with Gasteiger partial charge in [-0.05, 0) is 0 Å². The second-order valence-corrected chi connectivity index (χ2v) is 5.59. The summed E-state index contributed by atoms with van der Waals surface area (Å²) in [7, 11) is 1.30. The molecule has 3 rings (SSSR count). The van der Waals surface area contributed by atoms with E-state index in [4.69, 9.17) is 15.0 Å². The molecular formula is C11H16BN5O2. The molecule has 3 heterocycles. The number of hydrogen-bond donors (Lipinski definition) is 1. The highest BCUT2D eigenvalue weighted by molar-refractivity contribution is 6.60. The molecule has 0 bridgehead atoms. The van der Waals surface area contributed by atoms with Gasteiger partial charge in [-0.25, -0.2) is 14.6 Å². The molecule has 1 aliphatic rings. The minimum absolute atomic E-state index is 0.0291. The fourth-order valence-corrected chi connectivity index (χ4v) is 2.04. The minimum Gasteiger partial charge on any atom is -0.406 e. The van der Waals surface area contributed by atoms with Crippen LogP contribution in [0.1, 0.15) is 13.8 Å². The molecular weight excluding hydrogens is 245 g/mol. The van der Waals surface area contributed by atoms with Crippen molar-refractivity contribution in [2.24, 2.45) is 12.5 Å². The van der Waals surface area contributed by atoms with E-state index in [1.54, 1.807) is 17.9 Å². The number of rotatable bonds is 1. The Morgan fingerprint density at radius 1 is 1.37 bits per heavy atom. The van der Waals surface area contributed by atoms with Crippen LogP contribution >= 0.6 is 0 Å². The second kappa shape index (κ2) is 4.17. The highest BCUT2D eigenvalue weighted by Crippen LogP contribution is 2.21. The van der Waals surface area contributed by atoms with E-state index in [1.165, 1.54) is 0 Å². The smallest absolute Gasteiger partial charge is 0.406 e. The number of aromatic nitrogens is 4. The highest BCUT2D eigenvalue weighted by Gasteiger charge is 2.35. The number of nitrogen functional groups attached to an aromatic ring is 1. The molecule has 0 atom stereocenters. The summed E-state index contributed by atoms with van der Waals surface area (Å²) in [6.07, 6.45) is 1.65. The summed E-state index contributed by atoms with van der Waals surface area (Å²) in [5, 5.41) is 4.09. The van der Waals surface area contributed by atoms with Gasteiger partial charge in [0.25, 0.3) is 0 Å². The Labute approximate surface area is 111 Å². The van der Waals surface area contributed by atoms with E-state index in [2.05, 4.69) is 28.9 Å². The Kier molecular flexibility index (Phi) is 2.72. The van der Waals surface area contributed by atoms with Crippen molar-refractivity contribution in [2.75, 3.05) is 18.9 Å². The van der Waals surface area contributed by atoms with E-state index in [0.717, 1.165) is 0 Å². The molecule has 0 amide bonds. The van der Waals surface area contributed by atoms with Crippen LogP contribution in [-0.4, -0.2) is 40.1 Å². The van der Waals surface area contributed by atoms with Crippen LogP contribution in [0.4, 0.5) is 5.82 Å². The second-order valence-electron chi connectivity index (χ2n) is 5.59. The zero-order chi connectivity index (χ0) is 13.6. The number of anilines is 1. The fraction of sp³-hybridized carbons (Fsp3) is 0.545. The maximum absolute atomic E-state index is 5.80. The fourth-order valence-electron chi connectivity index (χ4n) is 2.04. The number of nitrogens with two attached hydrogens (primary N) is 1. The predicted molar refractivity (Wildman–Crippen MR) is 71.8 cm³/mol. The summed E-state index contributed by atoms with van der Waals surface area (Å²) < 4.78 is 13.0. The van der Waals surface area contributed by atoms with Crippen LogP contribution in [0, 0.1) is 5.41 Å². The lowest BCUT2D eigenvalue weighted by Crippen LogP contribution is -2.48. The van der Waals surface area contributed by atoms with Crippen molar-refractivity contribution in [1.82, 2.24) is 19.7 Å². The molecule has 8 heteroatoms. The molecule has 0 aromatic carbocycles.